The van der Waals surface area contributed by atoms with E-state index in [1.54, 1.807) is 6.92 Å². The molecule has 0 aliphatic heterocycles. The molecule has 0 radical (unpaired) electrons. The minimum atomic E-state index is -0.0893. The van der Waals surface area contributed by atoms with E-state index in [0.29, 0.717) is 18.3 Å². The Bertz CT molecular complexity index is 598. The molecule has 0 aliphatic carbocycles. The lowest BCUT2D eigenvalue weighted by molar-refractivity contribution is -0.120. The Morgan fingerprint density at radius 3 is 2.86 bits per heavy atom. The van der Waals surface area contributed by atoms with Crippen LogP contribution in [0.25, 0.3) is 0 Å². The fourth-order valence-electron chi connectivity index (χ4n) is 1.99. The zero-order valence-corrected chi connectivity index (χ0v) is 12.7. The van der Waals surface area contributed by atoms with E-state index in [1.807, 2.05) is 24.3 Å². The quantitative estimate of drug-likeness (QED) is 0.799. The van der Waals surface area contributed by atoms with Gasteiger partial charge in [0.15, 0.2) is 5.82 Å². The Balaban J connectivity index is 1.61. The Kier molecular flexibility index (Phi) is 5.75. The molecule has 0 fully saturated rings. The first kappa shape index (κ1) is 15.5. The van der Waals surface area contributed by atoms with Crippen LogP contribution in [-0.2, 0) is 17.6 Å². The average molecular weight is 308 g/mol. The summed E-state index contributed by atoms with van der Waals surface area (Å²) in [4.78, 5) is 15.6. The maximum absolute atomic E-state index is 11.7. The number of carbonyl (C=O) groups excluding carboxylic acids is 1. The van der Waals surface area contributed by atoms with Crippen molar-refractivity contribution in [3.63, 3.8) is 0 Å². The van der Waals surface area contributed by atoms with Crippen LogP contribution in [0.1, 0.15) is 30.1 Å². The zero-order valence-electron chi connectivity index (χ0n) is 11.9. The molecule has 0 unspecified atom stereocenters. The lowest BCUT2D eigenvalue weighted by Gasteiger charge is -2.05. The van der Waals surface area contributed by atoms with Gasteiger partial charge in [0.1, 0.15) is 0 Å². The molecule has 0 bridgehead atoms. The molecule has 21 heavy (non-hydrogen) atoms. The van der Waals surface area contributed by atoms with Crippen molar-refractivity contribution < 1.29 is 9.32 Å². The first-order chi connectivity index (χ1) is 10.1. The summed E-state index contributed by atoms with van der Waals surface area (Å²) in [5.41, 5.74) is 1.15. The van der Waals surface area contributed by atoms with Crippen LogP contribution in [0.2, 0.25) is 5.02 Å². The van der Waals surface area contributed by atoms with E-state index in [0.717, 1.165) is 29.8 Å². The Hall–Kier alpha value is -1.88. The summed E-state index contributed by atoms with van der Waals surface area (Å²) >= 11 is 6.09. The molecule has 0 spiro atoms. The molecule has 5 nitrogen and oxygen atoms in total. The second-order valence-corrected chi connectivity index (χ2v) is 5.21. The predicted molar refractivity (Wildman–Crippen MR) is 80.1 cm³/mol. The number of hydrogen-bond donors (Lipinski definition) is 1. The van der Waals surface area contributed by atoms with Gasteiger partial charge in [0.25, 0.3) is 0 Å². The van der Waals surface area contributed by atoms with Crippen LogP contribution in [0.3, 0.4) is 0 Å². The first-order valence-corrected chi connectivity index (χ1v) is 7.32. The van der Waals surface area contributed by atoms with Crippen LogP contribution in [-0.4, -0.2) is 22.6 Å². The van der Waals surface area contributed by atoms with Gasteiger partial charge < -0.3 is 9.84 Å². The number of nitrogens with one attached hydrogen (secondary N) is 1. The number of halogens is 1. The topological polar surface area (TPSA) is 68.0 Å². The van der Waals surface area contributed by atoms with Crippen LogP contribution in [0.4, 0.5) is 0 Å². The normalized spacial score (nSPS) is 10.6. The molecular formula is C15H18ClN3O2. The van der Waals surface area contributed by atoms with Gasteiger partial charge in [0, 0.05) is 18.5 Å². The monoisotopic (exact) mass is 307 g/mol. The summed E-state index contributed by atoms with van der Waals surface area (Å²) in [5, 5.41) is 7.34. The van der Waals surface area contributed by atoms with Gasteiger partial charge >= 0.3 is 0 Å². The number of carbonyl (C=O) groups is 1. The second-order valence-electron chi connectivity index (χ2n) is 4.80. The van der Waals surface area contributed by atoms with Crippen molar-refractivity contribution in [3.05, 3.63) is 46.6 Å². The standard InChI is InChI=1S/C15H18ClN3O2/c1-11-18-14(19-21-11)10-15(20)17-9-5-4-7-12-6-2-3-8-13(12)16/h2-3,6,8H,4-5,7,9-10H2,1H3,(H,17,20). The highest BCUT2D eigenvalue weighted by atomic mass is 35.5. The number of nitrogens with zero attached hydrogens (tertiary/aromatic N) is 2. The molecule has 1 aromatic carbocycles. The van der Waals surface area contributed by atoms with Crippen LogP contribution in [0, 0.1) is 6.92 Å². The third-order valence-electron chi connectivity index (χ3n) is 3.04. The molecule has 1 heterocycles. The third kappa shape index (κ3) is 5.19. The van der Waals surface area contributed by atoms with Gasteiger partial charge in [0.2, 0.25) is 11.8 Å². The Morgan fingerprint density at radius 2 is 2.14 bits per heavy atom. The van der Waals surface area contributed by atoms with Crippen LogP contribution in [0.15, 0.2) is 28.8 Å². The number of aryl methyl sites for hydroxylation is 2. The molecule has 1 N–H and O–H groups in total. The molecule has 0 atom stereocenters. The molecule has 2 rings (SSSR count). The lowest BCUT2D eigenvalue weighted by Crippen LogP contribution is -2.26. The Labute approximate surface area is 128 Å². The molecule has 0 saturated heterocycles. The average Bonchev–Trinajstić information content (AvgIpc) is 2.85. The molecule has 6 heteroatoms. The zero-order chi connectivity index (χ0) is 15.1. The second kappa shape index (κ2) is 7.78. The van der Waals surface area contributed by atoms with E-state index in [4.69, 9.17) is 16.1 Å². The van der Waals surface area contributed by atoms with Crippen molar-refractivity contribution >= 4 is 17.5 Å². The van der Waals surface area contributed by atoms with Gasteiger partial charge in [-0.1, -0.05) is 35.0 Å². The summed E-state index contributed by atoms with van der Waals surface area (Å²) in [6.07, 6.45) is 2.95. The lowest BCUT2D eigenvalue weighted by atomic mass is 10.1. The third-order valence-corrected chi connectivity index (χ3v) is 3.41. The van der Waals surface area contributed by atoms with Gasteiger partial charge in [-0.15, -0.1) is 0 Å². The van der Waals surface area contributed by atoms with Crippen molar-refractivity contribution in [1.82, 2.24) is 15.5 Å². The molecule has 0 saturated carbocycles. The fraction of sp³-hybridized carbons (Fsp3) is 0.400. The molecular weight excluding hydrogens is 290 g/mol. The molecule has 1 aromatic heterocycles. The van der Waals surface area contributed by atoms with E-state index in [-0.39, 0.29) is 12.3 Å². The maximum Gasteiger partial charge on any atom is 0.227 e. The van der Waals surface area contributed by atoms with Gasteiger partial charge in [0.05, 0.1) is 6.42 Å². The number of aromatic nitrogens is 2. The maximum atomic E-state index is 11.7. The number of unbranched alkanes of at least 4 members (excludes halogenated alkanes) is 1. The van der Waals surface area contributed by atoms with Gasteiger partial charge in [-0.25, -0.2) is 0 Å². The van der Waals surface area contributed by atoms with Crippen molar-refractivity contribution in [1.29, 1.82) is 0 Å². The van der Waals surface area contributed by atoms with Crippen molar-refractivity contribution in [3.8, 4) is 0 Å². The van der Waals surface area contributed by atoms with Gasteiger partial charge in [-0.3, -0.25) is 4.79 Å². The van der Waals surface area contributed by atoms with Crippen molar-refractivity contribution in [2.24, 2.45) is 0 Å². The van der Waals surface area contributed by atoms with E-state index in [2.05, 4.69) is 15.5 Å². The summed E-state index contributed by atoms with van der Waals surface area (Å²) in [6, 6.07) is 7.83. The van der Waals surface area contributed by atoms with E-state index in [1.165, 1.54) is 0 Å². The van der Waals surface area contributed by atoms with Crippen LogP contribution in [0.5, 0.6) is 0 Å². The minimum absolute atomic E-state index is 0.0893. The van der Waals surface area contributed by atoms with Crippen LogP contribution >= 0.6 is 11.6 Å². The molecule has 1 amide bonds. The number of benzene rings is 1. The number of rotatable bonds is 7. The highest BCUT2D eigenvalue weighted by Crippen LogP contribution is 2.16. The number of amides is 1. The predicted octanol–water partition coefficient (Wildman–Crippen LogP) is 2.71. The van der Waals surface area contributed by atoms with Gasteiger partial charge in [-0.2, -0.15) is 4.98 Å². The summed E-state index contributed by atoms with van der Waals surface area (Å²) in [6.45, 7) is 2.34. The van der Waals surface area contributed by atoms with E-state index < -0.39 is 0 Å². The molecule has 112 valence electrons. The minimum Gasteiger partial charge on any atom is -0.356 e. The summed E-state index contributed by atoms with van der Waals surface area (Å²) in [5.74, 6) is 0.798. The number of hydrogen-bond acceptors (Lipinski definition) is 4. The van der Waals surface area contributed by atoms with Crippen molar-refractivity contribution in [2.45, 2.75) is 32.6 Å². The molecule has 0 aliphatic rings. The summed E-state index contributed by atoms with van der Waals surface area (Å²) < 4.78 is 4.81. The summed E-state index contributed by atoms with van der Waals surface area (Å²) in [7, 11) is 0. The van der Waals surface area contributed by atoms with Gasteiger partial charge in [-0.05, 0) is 30.9 Å². The van der Waals surface area contributed by atoms with E-state index >= 15 is 0 Å². The van der Waals surface area contributed by atoms with Crippen molar-refractivity contribution in [2.75, 3.05) is 6.54 Å². The fourth-order valence-corrected chi connectivity index (χ4v) is 2.22. The SMILES string of the molecule is Cc1nc(CC(=O)NCCCCc2ccccc2Cl)no1. The van der Waals surface area contributed by atoms with Crippen LogP contribution < -0.4 is 5.32 Å². The molecule has 2 aromatic rings. The Morgan fingerprint density at radius 1 is 1.33 bits per heavy atom. The van der Waals surface area contributed by atoms with E-state index in [9.17, 15) is 4.79 Å². The largest absolute Gasteiger partial charge is 0.356 e. The first-order valence-electron chi connectivity index (χ1n) is 6.94. The smallest absolute Gasteiger partial charge is 0.227 e. The highest BCUT2D eigenvalue weighted by molar-refractivity contribution is 6.31. The highest BCUT2D eigenvalue weighted by Gasteiger charge is 2.08.